The first-order valence-corrected chi connectivity index (χ1v) is 13.1. The van der Waals surface area contributed by atoms with E-state index in [0.29, 0.717) is 41.5 Å². The fourth-order valence-corrected chi connectivity index (χ4v) is 9.35. The molecule has 3 aliphatic carbocycles. The Balaban J connectivity index is 1.48. The van der Waals surface area contributed by atoms with Gasteiger partial charge in [-0.25, -0.2) is 0 Å². The molecule has 0 amide bonds. The molecule has 0 spiro atoms. The van der Waals surface area contributed by atoms with E-state index in [1.165, 1.54) is 25.8 Å². The van der Waals surface area contributed by atoms with Gasteiger partial charge in [0.05, 0.1) is 12.2 Å². The maximum atomic E-state index is 11.7. The van der Waals surface area contributed by atoms with E-state index in [2.05, 4.69) is 44.7 Å². The number of rotatable bonds is 0. The standard InChI is InChI=1S/C27H45NO2/c1-16-9-12-23-18(3)26-24(28(23)15-16)14-22-20-8-6-5-7-19(29)11-10-17(2)21(20)13-25(30)27(22,26)4/h5-6,16-26,29-30H,7-15H2,1-4H3. The van der Waals surface area contributed by atoms with Crippen LogP contribution in [0.2, 0.25) is 0 Å². The third kappa shape index (κ3) is 3.17. The van der Waals surface area contributed by atoms with Crippen LogP contribution in [0.15, 0.2) is 12.2 Å². The highest BCUT2D eigenvalue weighted by atomic mass is 16.3. The Hall–Kier alpha value is -0.380. The molecule has 2 heterocycles. The topological polar surface area (TPSA) is 43.7 Å². The maximum absolute atomic E-state index is 11.7. The summed E-state index contributed by atoms with van der Waals surface area (Å²) in [6.45, 7) is 11.1. The van der Waals surface area contributed by atoms with Crippen LogP contribution in [0.1, 0.15) is 79.1 Å². The molecule has 0 aromatic carbocycles. The monoisotopic (exact) mass is 415 g/mol. The van der Waals surface area contributed by atoms with Crippen molar-refractivity contribution < 1.29 is 10.2 Å². The number of fused-ring (bicyclic) bond motifs is 7. The summed E-state index contributed by atoms with van der Waals surface area (Å²) in [5.74, 6) is 4.71. The van der Waals surface area contributed by atoms with Crippen LogP contribution in [0.5, 0.6) is 0 Å². The summed E-state index contributed by atoms with van der Waals surface area (Å²) in [5.41, 5.74) is 0.0724. The summed E-state index contributed by atoms with van der Waals surface area (Å²) in [6.07, 6.45) is 13.2. The van der Waals surface area contributed by atoms with E-state index in [0.717, 1.165) is 44.1 Å². The largest absolute Gasteiger partial charge is 0.393 e. The van der Waals surface area contributed by atoms with Gasteiger partial charge in [-0.3, -0.25) is 4.90 Å². The minimum atomic E-state index is -0.191. The van der Waals surface area contributed by atoms with Crippen LogP contribution in [0.4, 0.5) is 0 Å². The van der Waals surface area contributed by atoms with Crippen LogP contribution in [-0.2, 0) is 0 Å². The molecule has 30 heavy (non-hydrogen) atoms. The molecule has 0 bridgehead atoms. The van der Waals surface area contributed by atoms with Crippen molar-refractivity contribution >= 4 is 0 Å². The molecular weight excluding hydrogens is 370 g/mol. The molecule has 3 nitrogen and oxygen atoms in total. The van der Waals surface area contributed by atoms with Crippen molar-refractivity contribution in [3.8, 4) is 0 Å². The van der Waals surface area contributed by atoms with Crippen molar-refractivity contribution in [2.75, 3.05) is 6.54 Å². The molecule has 3 heteroatoms. The average Bonchev–Trinajstić information content (AvgIpc) is 3.18. The van der Waals surface area contributed by atoms with E-state index in [1.807, 2.05) is 0 Å². The molecule has 0 aromatic heterocycles. The number of hydrogen-bond acceptors (Lipinski definition) is 3. The summed E-state index contributed by atoms with van der Waals surface area (Å²) in [5, 5.41) is 22.0. The first-order valence-electron chi connectivity index (χ1n) is 13.1. The number of aliphatic hydroxyl groups is 2. The Bertz CT molecular complexity index is 663. The van der Waals surface area contributed by atoms with Gasteiger partial charge in [-0.05, 0) is 92.8 Å². The lowest BCUT2D eigenvalue weighted by atomic mass is 9.52. The molecule has 2 saturated heterocycles. The predicted octanol–water partition coefficient (Wildman–Crippen LogP) is 4.87. The van der Waals surface area contributed by atoms with Gasteiger partial charge in [-0.15, -0.1) is 0 Å². The quantitative estimate of drug-likeness (QED) is 0.555. The van der Waals surface area contributed by atoms with Crippen molar-refractivity contribution in [2.45, 2.75) is 103 Å². The second kappa shape index (κ2) is 7.89. The molecule has 2 saturated carbocycles. The van der Waals surface area contributed by atoms with Gasteiger partial charge in [-0.1, -0.05) is 39.8 Å². The van der Waals surface area contributed by atoms with Crippen LogP contribution in [-0.4, -0.2) is 45.9 Å². The van der Waals surface area contributed by atoms with Crippen molar-refractivity contribution in [3.63, 3.8) is 0 Å². The second-order valence-electron chi connectivity index (χ2n) is 12.3. The lowest BCUT2D eigenvalue weighted by molar-refractivity contribution is -0.118. The summed E-state index contributed by atoms with van der Waals surface area (Å²) in [4.78, 5) is 2.91. The van der Waals surface area contributed by atoms with E-state index in [1.54, 1.807) is 0 Å². The van der Waals surface area contributed by atoms with Gasteiger partial charge in [0.1, 0.15) is 0 Å². The Morgan fingerprint density at radius 1 is 0.867 bits per heavy atom. The minimum Gasteiger partial charge on any atom is -0.393 e. The molecule has 2 N–H and O–H groups in total. The summed E-state index contributed by atoms with van der Waals surface area (Å²) in [7, 11) is 0. The van der Waals surface area contributed by atoms with E-state index < -0.39 is 0 Å². The summed E-state index contributed by atoms with van der Waals surface area (Å²) >= 11 is 0. The first-order chi connectivity index (χ1) is 14.3. The van der Waals surface area contributed by atoms with E-state index in [9.17, 15) is 10.2 Å². The summed E-state index contributed by atoms with van der Waals surface area (Å²) < 4.78 is 0. The fraction of sp³-hybridized carbons (Fsp3) is 0.926. The van der Waals surface area contributed by atoms with Gasteiger partial charge in [0.15, 0.2) is 0 Å². The lowest BCUT2D eigenvalue weighted by Crippen LogP contribution is -2.53. The van der Waals surface area contributed by atoms with Crippen LogP contribution in [0.25, 0.3) is 0 Å². The average molecular weight is 416 g/mol. The molecule has 4 fully saturated rings. The molecule has 5 aliphatic rings. The maximum Gasteiger partial charge on any atom is 0.0602 e. The number of aliphatic hydroxyl groups excluding tert-OH is 2. The van der Waals surface area contributed by atoms with Crippen molar-refractivity contribution in [1.29, 1.82) is 0 Å². The number of allylic oxidation sites excluding steroid dienone is 1. The van der Waals surface area contributed by atoms with E-state index in [4.69, 9.17) is 0 Å². The zero-order valence-electron chi connectivity index (χ0n) is 19.7. The van der Waals surface area contributed by atoms with Crippen LogP contribution >= 0.6 is 0 Å². The minimum absolute atomic E-state index is 0.0724. The lowest BCUT2D eigenvalue weighted by Gasteiger charge is -2.54. The van der Waals surface area contributed by atoms with Gasteiger partial charge >= 0.3 is 0 Å². The van der Waals surface area contributed by atoms with E-state index in [-0.39, 0.29) is 17.6 Å². The summed E-state index contributed by atoms with van der Waals surface area (Å²) in [6, 6.07) is 1.44. The SMILES string of the molecule is CC1CCC2C(C)C3C(CC4C5CC=CCC(O)CCC(C)C5CC(O)C43C)N2C1. The highest BCUT2D eigenvalue weighted by Crippen LogP contribution is 2.66. The smallest absolute Gasteiger partial charge is 0.0602 e. The zero-order chi connectivity index (χ0) is 21.2. The van der Waals surface area contributed by atoms with Crippen LogP contribution < -0.4 is 0 Å². The highest BCUT2D eigenvalue weighted by molar-refractivity contribution is 5.18. The van der Waals surface area contributed by atoms with E-state index >= 15 is 0 Å². The predicted molar refractivity (Wildman–Crippen MR) is 122 cm³/mol. The number of hydrogen-bond donors (Lipinski definition) is 2. The van der Waals surface area contributed by atoms with Crippen LogP contribution in [0.3, 0.4) is 0 Å². The molecule has 0 aromatic rings. The molecule has 12 atom stereocenters. The fourth-order valence-electron chi connectivity index (χ4n) is 9.35. The van der Waals surface area contributed by atoms with Gasteiger partial charge < -0.3 is 10.2 Å². The molecule has 5 rings (SSSR count). The third-order valence-electron chi connectivity index (χ3n) is 10.9. The Morgan fingerprint density at radius 2 is 1.63 bits per heavy atom. The Labute approximate surface area is 184 Å². The normalized spacial score (nSPS) is 56.7. The van der Waals surface area contributed by atoms with Crippen molar-refractivity contribution in [2.24, 2.45) is 46.8 Å². The molecular formula is C27H45NO2. The van der Waals surface area contributed by atoms with Gasteiger partial charge in [-0.2, -0.15) is 0 Å². The molecule has 0 radical (unpaired) electrons. The zero-order valence-corrected chi connectivity index (χ0v) is 19.7. The second-order valence-corrected chi connectivity index (χ2v) is 12.3. The van der Waals surface area contributed by atoms with Gasteiger partial charge in [0.25, 0.3) is 0 Å². The Kier molecular flexibility index (Phi) is 5.64. The molecule has 2 aliphatic heterocycles. The highest BCUT2D eigenvalue weighted by Gasteiger charge is 2.67. The first kappa shape index (κ1) is 21.5. The number of nitrogens with zero attached hydrogens (tertiary/aromatic N) is 1. The molecule has 170 valence electrons. The van der Waals surface area contributed by atoms with Gasteiger partial charge in [0.2, 0.25) is 0 Å². The van der Waals surface area contributed by atoms with Gasteiger partial charge in [0, 0.05) is 24.0 Å². The van der Waals surface area contributed by atoms with Crippen molar-refractivity contribution in [3.05, 3.63) is 12.2 Å². The third-order valence-corrected chi connectivity index (χ3v) is 10.9. The number of piperidine rings is 1. The van der Waals surface area contributed by atoms with Crippen molar-refractivity contribution in [1.82, 2.24) is 4.90 Å². The Morgan fingerprint density at radius 3 is 2.43 bits per heavy atom. The molecule has 12 unspecified atom stereocenters. The van der Waals surface area contributed by atoms with Crippen LogP contribution in [0, 0.1) is 46.8 Å².